The lowest BCUT2D eigenvalue weighted by molar-refractivity contribution is -0.136. The van der Waals surface area contributed by atoms with Crippen LogP contribution in [0, 0.1) is 5.82 Å². The molecule has 2 aromatic carbocycles. The highest BCUT2D eigenvalue weighted by Crippen LogP contribution is 2.48. The first-order valence-electron chi connectivity index (χ1n) is 9.79. The van der Waals surface area contributed by atoms with Crippen molar-refractivity contribution in [3.05, 3.63) is 59.9 Å². The molecule has 1 heterocycles. The quantitative estimate of drug-likeness (QED) is 0.643. The number of rotatable bonds is 6. The predicted molar refractivity (Wildman–Crippen MR) is 108 cm³/mol. The molecule has 30 heavy (non-hydrogen) atoms. The first-order valence-corrected chi connectivity index (χ1v) is 11.3. The summed E-state index contributed by atoms with van der Waals surface area (Å²) >= 11 is 0. The van der Waals surface area contributed by atoms with Crippen molar-refractivity contribution in [2.75, 3.05) is 11.4 Å². The second-order valence-corrected chi connectivity index (χ2v) is 9.52. The van der Waals surface area contributed by atoms with Gasteiger partial charge in [0.25, 0.3) is 0 Å². The van der Waals surface area contributed by atoms with Crippen LogP contribution in [0.5, 0.6) is 0 Å². The van der Waals surface area contributed by atoms with Crippen LogP contribution in [-0.2, 0) is 14.8 Å². The molecule has 0 spiro atoms. The lowest BCUT2D eigenvalue weighted by Crippen LogP contribution is -2.52. The minimum absolute atomic E-state index is 0.0320. The zero-order valence-corrected chi connectivity index (χ0v) is 16.9. The average molecular weight is 434 g/mol. The molecule has 9 heteroatoms. The van der Waals surface area contributed by atoms with E-state index in [1.54, 1.807) is 0 Å². The third-order valence-corrected chi connectivity index (χ3v) is 7.43. The summed E-state index contributed by atoms with van der Waals surface area (Å²) in [6, 6.07) is 11.4. The number of hydrogen-bond donors (Lipinski definition) is 3. The van der Waals surface area contributed by atoms with E-state index < -0.39 is 34.0 Å². The van der Waals surface area contributed by atoms with Crippen molar-refractivity contribution in [1.29, 1.82) is 0 Å². The molecule has 2 aliphatic rings. The van der Waals surface area contributed by atoms with Gasteiger partial charge in [-0.2, -0.15) is 0 Å². The molecule has 0 amide bonds. The smallest absolute Gasteiger partial charge is 0.305 e. The highest BCUT2D eigenvalue weighted by Gasteiger charge is 2.47. The molecule has 7 nitrogen and oxygen atoms in total. The van der Waals surface area contributed by atoms with Crippen LogP contribution in [0.25, 0.3) is 0 Å². The van der Waals surface area contributed by atoms with E-state index in [1.165, 1.54) is 12.1 Å². The zero-order chi connectivity index (χ0) is 21.5. The largest absolute Gasteiger partial charge is 0.481 e. The van der Waals surface area contributed by atoms with E-state index in [0.29, 0.717) is 6.42 Å². The van der Waals surface area contributed by atoms with Gasteiger partial charge in [0.05, 0.1) is 23.5 Å². The van der Waals surface area contributed by atoms with Gasteiger partial charge in [-0.25, -0.2) is 17.5 Å². The summed E-state index contributed by atoms with van der Waals surface area (Å²) in [7, 11) is -3.86. The van der Waals surface area contributed by atoms with E-state index in [1.807, 2.05) is 29.2 Å². The van der Waals surface area contributed by atoms with Crippen molar-refractivity contribution in [3.8, 4) is 0 Å². The normalized spacial score (nSPS) is 25.6. The Bertz CT molecular complexity index is 1040. The van der Waals surface area contributed by atoms with Crippen LogP contribution in [0.2, 0.25) is 0 Å². The second-order valence-electron chi connectivity index (χ2n) is 7.80. The fourth-order valence-electron chi connectivity index (χ4n) is 4.68. The van der Waals surface area contributed by atoms with Crippen LogP contribution in [-0.4, -0.2) is 49.3 Å². The highest BCUT2D eigenvalue weighted by atomic mass is 32.2. The number of anilines is 1. The number of carboxylic acid groups (broad SMARTS) is 1. The summed E-state index contributed by atoms with van der Waals surface area (Å²) in [6.45, 7) is 0.274. The third kappa shape index (κ3) is 3.92. The van der Waals surface area contributed by atoms with E-state index in [4.69, 9.17) is 5.11 Å². The molecule has 3 N–H and O–H groups in total. The molecular weight excluding hydrogens is 411 g/mol. The van der Waals surface area contributed by atoms with Gasteiger partial charge in [0.15, 0.2) is 0 Å². The Kier molecular flexibility index (Phi) is 5.52. The molecule has 160 valence electrons. The lowest BCUT2D eigenvalue weighted by Gasteiger charge is -2.40. The van der Waals surface area contributed by atoms with Gasteiger partial charge in [-0.1, -0.05) is 18.2 Å². The maximum atomic E-state index is 13.1. The number of aliphatic carboxylic acids is 1. The molecule has 2 aromatic rings. The van der Waals surface area contributed by atoms with Crippen LogP contribution in [0.15, 0.2) is 53.4 Å². The van der Waals surface area contributed by atoms with Crippen molar-refractivity contribution in [3.63, 3.8) is 0 Å². The van der Waals surface area contributed by atoms with Crippen molar-refractivity contribution >= 4 is 21.7 Å². The van der Waals surface area contributed by atoms with Crippen molar-refractivity contribution < 1.29 is 27.8 Å². The first-order chi connectivity index (χ1) is 14.3. The van der Waals surface area contributed by atoms with Gasteiger partial charge in [0.1, 0.15) is 5.82 Å². The number of fused-ring (bicyclic) bond motifs is 3. The number of nitrogens with zero attached hydrogens (tertiary/aromatic N) is 1. The van der Waals surface area contributed by atoms with Gasteiger partial charge < -0.3 is 15.1 Å². The number of hydrogen-bond acceptors (Lipinski definition) is 5. The lowest BCUT2D eigenvalue weighted by atomic mass is 9.78. The number of sulfonamides is 1. The monoisotopic (exact) mass is 434 g/mol. The molecule has 0 saturated heterocycles. The molecule has 1 aliphatic carbocycles. The molecule has 4 atom stereocenters. The third-order valence-electron chi connectivity index (χ3n) is 5.89. The number of carbonyl (C=O) groups is 1. The summed E-state index contributed by atoms with van der Waals surface area (Å²) in [5.74, 6) is -1.56. The molecule has 1 fully saturated rings. The fraction of sp³-hybridized carbons (Fsp3) is 0.381. The fourth-order valence-corrected chi connectivity index (χ4v) is 5.95. The maximum absolute atomic E-state index is 13.1. The van der Waals surface area contributed by atoms with E-state index >= 15 is 0 Å². The minimum atomic E-state index is -3.86. The Morgan fingerprint density at radius 3 is 2.53 bits per heavy atom. The number of halogens is 1. The van der Waals surface area contributed by atoms with Crippen LogP contribution in [0.1, 0.15) is 30.7 Å². The number of nitrogens with one attached hydrogen (secondary N) is 1. The minimum Gasteiger partial charge on any atom is -0.481 e. The molecule has 4 rings (SSSR count). The standard InChI is InChI=1S/C21H23FN2O5S/c22-13-5-7-15(8-6-13)30(28,29)23-14-11-17-16-3-1-2-4-18(16)24(10-9-20(26)27)21(17)19(25)12-14/h1-8,14,17,19,21,23,25H,9-12H2,(H,26,27)/t14-,17?,19?,21?/m0/s1. The summed E-state index contributed by atoms with van der Waals surface area (Å²) in [6.07, 6.45) is -0.196. The highest BCUT2D eigenvalue weighted by molar-refractivity contribution is 7.89. The maximum Gasteiger partial charge on any atom is 0.305 e. The van der Waals surface area contributed by atoms with Gasteiger partial charge in [-0.15, -0.1) is 0 Å². The van der Waals surface area contributed by atoms with E-state index in [2.05, 4.69) is 4.72 Å². The molecule has 1 aliphatic heterocycles. The van der Waals surface area contributed by atoms with E-state index in [-0.39, 0.29) is 36.2 Å². The van der Waals surface area contributed by atoms with Crippen molar-refractivity contribution in [2.45, 2.75) is 48.3 Å². The van der Waals surface area contributed by atoms with Gasteiger partial charge in [-0.05, 0) is 48.7 Å². The molecule has 1 saturated carbocycles. The molecule has 0 bridgehead atoms. The van der Waals surface area contributed by atoms with E-state index in [9.17, 15) is 22.7 Å². The van der Waals surface area contributed by atoms with Gasteiger partial charge >= 0.3 is 5.97 Å². The summed E-state index contributed by atoms with van der Waals surface area (Å²) in [5, 5.41) is 20.0. The molecular formula is C21H23FN2O5S. The predicted octanol–water partition coefficient (Wildman–Crippen LogP) is 2.07. The van der Waals surface area contributed by atoms with Crippen LogP contribution in [0.3, 0.4) is 0 Å². The Labute approximate surface area is 174 Å². The zero-order valence-electron chi connectivity index (χ0n) is 16.1. The Hall–Kier alpha value is -2.49. The summed E-state index contributed by atoms with van der Waals surface area (Å²) < 4.78 is 41.2. The number of para-hydroxylation sites is 1. The topological polar surface area (TPSA) is 107 Å². The molecule has 3 unspecified atom stereocenters. The summed E-state index contributed by atoms with van der Waals surface area (Å²) in [4.78, 5) is 13.0. The number of aliphatic hydroxyl groups excluding tert-OH is 1. The number of carboxylic acids is 1. The second kappa shape index (κ2) is 7.98. The van der Waals surface area contributed by atoms with Crippen LogP contribution in [0.4, 0.5) is 10.1 Å². The Balaban J connectivity index is 1.57. The Morgan fingerprint density at radius 1 is 1.13 bits per heavy atom. The van der Waals surface area contributed by atoms with Gasteiger partial charge in [-0.3, -0.25) is 4.79 Å². The van der Waals surface area contributed by atoms with Crippen LogP contribution >= 0.6 is 0 Å². The number of aliphatic hydroxyl groups is 1. The number of benzene rings is 2. The first kappa shape index (κ1) is 20.8. The Morgan fingerprint density at radius 2 is 1.83 bits per heavy atom. The SMILES string of the molecule is O=C(O)CCN1c2ccccc2C2C[C@H](NS(=O)(=O)c3ccc(F)cc3)CC(O)C21. The van der Waals surface area contributed by atoms with Crippen molar-refractivity contribution in [2.24, 2.45) is 0 Å². The van der Waals surface area contributed by atoms with E-state index in [0.717, 1.165) is 23.4 Å². The average Bonchev–Trinajstić information content (AvgIpc) is 3.01. The van der Waals surface area contributed by atoms with Gasteiger partial charge in [0.2, 0.25) is 10.0 Å². The molecule has 0 aromatic heterocycles. The summed E-state index contributed by atoms with van der Waals surface area (Å²) in [5.41, 5.74) is 1.87. The molecule has 0 radical (unpaired) electrons. The van der Waals surface area contributed by atoms with Gasteiger partial charge in [0, 0.05) is 24.2 Å². The van der Waals surface area contributed by atoms with Crippen molar-refractivity contribution in [1.82, 2.24) is 4.72 Å². The van der Waals surface area contributed by atoms with Crippen LogP contribution < -0.4 is 9.62 Å².